The number of hydrogen-bond donors (Lipinski definition) is 1. The highest BCUT2D eigenvalue weighted by molar-refractivity contribution is 9.18. The van der Waals surface area contributed by atoms with Gasteiger partial charge in [-0.3, -0.25) is 0 Å². The van der Waals surface area contributed by atoms with Crippen LogP contribution in [0.15, 0.2) is 4.99 Å². The lowest BCUT2D eigenvalue weighted by Crippen LogP contribution is -2.30. The lowest BCUT2D eigenvalue weighted by atomic mass is 10.2. The molecule has 1 rings (SSSR count). The Morgan fingerprint density at radius 3 is 2.60 bits per heavy atom. The first-order valence-electron chi connectivity index (χ1n) is 2.57. The number of amidine groups is 1. The monoisotopic (exact) mass is 198 g/mol. The third-order valence-electron chi connectivity index (χ3n) is 1.11. The lowest BCUT2D eigenvalue weighted by molar-refractivity contribution is 0.724. The summed E-state index contributed by atoms with van der Waals surface area (Å²) < 4.78 is 0.477. The van der Waals surface area contributed by atoms with Gasteiger partial charge in [-0.2, -0.15) is 10.5 Å². The van der Waals surface area contributed by atoms with E-state index in [0.29, 0.717) is 4.74 Å². The van der Waals surface area contributed by atoms with Crippen molar-refractivity contribution in [1.29, 1.82) is 10.5 Å². The Labute approximate surface area is 66.3 Å². The van der Waals surface area contributed by atoms with Crippen LogP contribution >= 0.6 is 15.9 Å². The van der Waals surface area contributed by atoms with E-state index in [2.05, 4.69) is 26.2 Å². The Morgan fingerprint density at radius 2 is 2.20 bits per heavy atom. The van der Waals surface area contributed by atoms with Crippen LogP contribution in [0.2, 0.25) is 0 Å². The van der Waals surface area contributed by atoms with Gasteiger partial charge in [0.25, 0.3) is 0 Å². The normalized spacial score (nSPS) is 29.7. The van der Waals surface area contributed by atoms with Gasteiger partial charge in [0, 0.05) is 0 Å². The Bertz CT molecular complexity index is 245. The van der Waals surface area contributed by atoms with Crippen molar-refractivity contribution in [2.24, 2.45) is 4.99 Å². The fourth-order valence-electron chi connectivity index (χ4n) is 0.647. The summed E-state index contributed by atoms with van der Waals surface area (Å²) in [5, 5.41) is 19.5. The Hall–Kier alpha value is -1.07. The fraction of sp³-hybridized carbons (Fsp3) is 0.400. The van der Waals surface area contributed by atoms with Crippen molar-refractivity contribution in [1.82, 2.24) is 5.32 Å². The average molecular weight is 199 g/mol. The molecule has 5 heteroatoms. The Balaban J connectivity index is 2.75. The van der Waals surface area contributed by atoms with Gasteiger partial charge in [-0.1, -0.05) is 0 Å². The highest BCUT2D eigenvalue weighted by Crippen LogP contribution is 2.07. The molecule has 1 aliphatic heterocycles. The van der Waals surface area contributed by atoms with Crippen molar-refractivity contribution in [2.45, 2.75) is 12.1 Å². The van der Waals surface area contributed by atoms with Crippen LogP contribution in [-0.4, -0.2) is 16.8 Å². The van der Waals surface area contributed by atoms with Gasteiger partial charge in [0.05, 0.1) is 12.1 Å². The van der Waals surface area contributed by atoms with Crippen LogP contribution < -0.4 is 5.32 Å². The van der Waals surface area contributed by atoms with Crippen molar-refractivity contribution in [2.75, 3.05) is 0 Å². The number of aliphatic imine (C=N–C) groups is 1. The van der Waals surface area contributed by atoms with E-state index in [0.717, 1.165) is 0 Å². The van der Waals surface area contributed by atoms with E-state index in [1.54, 1.807) is 0 Å². The first-order valence-corrected chi connectivity index (χ1v) is 3.36. The maximum atomic E-state index is 8.43. The lowest BCUT2D eigenvalue weighted by Gasteiger charge is -2.00. The average Bonchev–Trinajstić information content (AvgIpc) is 2.30. The minimum atomic E-state index is -0.570. The minimum absolute atomic E-state index is 0.477. The number of rotatable bonds is 0. The molecule has 0 saturated carbocycles. The minimum Gasteiger partial charge on any atom is -0.346 e. The van der Waals surface area contributed by atoms with Crippen LogP contribution in [0.4, 0.5) is 0 Å². The van der Waals surface area contributed by atoms with Crippen molar-refractivity contribution >= 4 is 20.7 Å². The summed E-state index contributed by atoms with van der Waals surface area (Å²) in [4.78, 5) is 3.80. The zero-order chi connectivity index (χ0) is 7.56. The van der Waals surface area contributed by atoms with Crippen LogP contribution in [0.1, 0.15) is 0 Å². The summed E-state index contributed by atoms with van der Waals surface area (Å²) >= 11 is 3.04. The number of halogens is 1. The highest BCUT2D eigenvalue weighted by Gasteiger charge is 2.26. The standard InChI is InChI=1S/C5H3BrN4/c6-5-9-3(1-7)4(2-8)10-5/h3-4H,(H,9,10). The van der Waals surface area contributed by atoms with E-state index in [1.807, 2.05) is 12.1 Å². The zero-order valence-electron chi connectivity index (χ0n) is 4.87. The molecule has 1 N–H and O–H groups in total. The summed E-state index contributed by atoms with van der Waals surface area (Å²) in [5.41, 5.74) is 0. The highest BCUT2D eigenvalue weighted by atomic mass is 79.9. The number of nitrogens with zero attached hydrogens (tertiary/aromatic N) is 3. The van der Waals surface area contributed by atoms with E-state index in [1.165, 1.54) is 0 Å². The van der Waals surface area contributed by atoms with E-state index >= 15 is 0 Å². The molecule has 0 fully saturated rings. The molecule has 0 bridgehead atoms. The Kier molecular flexibility index (Phi) is 1.88. The van der Waals surface area contributed by atoms with Gasteiger partial charge in [-0.05, 0) is 15.9 Å². The predicted octanol–water partition coefficient (Wildman–Crippen LogP) is 0.125. The molecule has 0 aromatic carbocycles. The fourth-order valence-corrected chi connectivity index (χ4v) is 1.11. The largest absolute Gasteiger partial charge is 0.346 e. The van der Waals surface area contributed by atoms with Crippen LogP contribution in [-0.2, 0) is 0 Å². The molecular formula is C5H3BrN4. The van der Waals surface area contributed by atoms with E-state index in [9.17, 15) is 0 Å². The van der Waals surface area contributed by atoms with Gasteiger partial charge in [0.1, 0.15) is 0 Å². The van der Waals surface area contributed by atoms with E-state index in [-0.39, 0.29) is 0 Å². The van der Waals surface area contributed by atoms with Crippen LogP contribution in [0.25, 0.3) is 0 Å². The second kappa shape index (κ2) is 2.68. The van der Waals surface area contributed by atoms with Crippen LogP contribution in [0.5, 0.6) is 0 Å². The number of nitrogens with one attached hydrogen (secondary N) is 1. The molecule has 0 radical (unpaired) electrons. The van der Waals surface area contributed by atoms with Gasteiger partial charge >= 0.3 is 0 Å². The quantitative estimate of drug-likeness (QED) is 0.563. The van der Waals surface area contributed by atoms with Gasteiger partial charge in [-0.25, -0.2) is 4.99 Å². The zero-order valence-corrected chi connectivity index (χ0v) is 6.46. The smallest absolute Gasteiger partial charge is 0.172 e. The summed E-state index contributed by atoms with van der Waals surface area (Å²) in [7, 11) is 0. The number of nitriles is 2. The topological polar surface area (TPSA) is 72.0 Å². The van der Waals surface area contributed by atoms with Gasteiger partial charge < -0.3 is 5.32 Å². The van der Waals surface area contributed by atoms with Crippen molar-refractivity contribution < 1.29 is 0 Å². The molecule has 0 aliphatic carbocycles. The SMILES string of the molecule is N#CC1N=C(Br)NC1C#N. The molecule has 4 nitrogen and oxygen atoms in total. The van der Waals surface area contributed by atoms with Crippen molar-refractivity contribution in [3.8, 4) is 12.1 Å². The first-order chi connectivity index (χ1) is 4.77. The maximum Gasteiger partial charge on any atom is 0.172 e. The Morgan fingerprint density at radius 1 is 1.50 bits per heavy atom. The van der Waals surface area contributed by atoms with Crippen LogP contribution in [0, 0.1) is 22.7 Å². The molecule has 2 atom stereocenters. The molecule has 0 aromatic rings. The second-order valence-corrected chi connectivity index (χ2v) is 2.50. The molecular weight excluding hydrogens is 196 g/mol. The van der Waals surface area contributed by atoms with Gasteiger partial charge in [0.15, 0.2) is 16.8 Å². The van der Waals surface area contributed by atoms with E-state index in [4.69, 9.17) is 10.5 Å². The third kappa shape index (κ3) is 1.09. The molecule has 0 spiro atoms. The molecule has 2 unspecified atom stereocenters. The molecule has 10 heavy (non-hydrogen) atoms. The molecule has 1 heterocycles. The first kappa shape index (κ1) is 7.04. The third-order valence-corrected chi connectivity index (χ3v) is 1.55. The summed E-state index contributed by atoms with van der Waals surface area (Å²) in [6.45, 7) is 0. The summed E-state index contributed by atoms with van der Waals surface area (Å²) in [6.07, 6.45) is 0. The second-order valence-electron chi connectivity index (χ2n) is 1.74. The maximum absolute atomic E-state index is 8.43. The van der Waals surface area contributed by atoms with E-state index < -0.39 is 12.1 Å². The molecule has 0 aromatic heterocycles. The molecule has 50 valence electrons. The number of hydrogen-bond acceptors (Lipinski definition) is 4. The van der Waals surface area contributed by atoms with Crippen molar-refractivity contribution in [3.05, 3.63) is 0 Å². The molecule has 1 aliphatic rings. The van der Waals surface area contributed by atoms with Crippen molar-refractivity contribution in [3.63, 3.8) is 0 Å². The molecule has 0 saturated heterocycles. The summed E-state index contributed by atoms with van der Waals surface area (Å²) in [5.74, 6) is 0. The van der Waals surface area contributed by atoms with Gasteiger partial charge in [-0.15, -0.1) is 0 Å². The predicted molar refractivity (Wildman–Crippen MR) is 38.3 cm³/mol. The van der Waals surface area contributed by atoms with Crippen LogP contribution in [0.3, 0.4) is 0 Å². The summed E-state index contributed by atoms with van der Waals surface area (Å²) in [6, 6.07) is 2.74. The molecule has 0 amide bonds. The van der Waals surface area contributed by atoms with Gasteiger partial charge in [0.2, 0.25) is 0 Å².